The number of methoxy groups -OCH3 is 1. The monoisotopic (exact) mass is 387 g/mol. The lowest BCUT2D eigenvalue weighted by molar-refractivity contribution is -0.112. The summed E-state index contributed by atoms with van der Waals surface area (Å²) in [5.41, 5.74) is 1.05. The Morgan fingerprint density at radius 1 is 1.41 bits per heavy atom. The van der Waals surface area contributed by atoms with Crippen LogP contribution in [0.2, 0.25) is 5.02 Å². The van der Waals surface area contributed by atoms with Gasteiger partial charge in [0.05, 0.1) is 12.8 Å². The second-order valence-corrected chi connectivity index (χ2v) is 9.28. The van der Waals surface area contributed by atoms with Gasteiger partial charge in [0.1, 0.15) is 17.4 Å². The highest BCUT2D eigenvalue weighted by Crippen LogP contribution is 2.52. The molecule has 3 rings (SSSR count). The van der Waals surface area contributed by atoms with E-state index in [1.807, 2.05) is 6.07 Å². The molecule has 1 saturated heterocycles. The van der Waals surface area contributed by atoms with Crippen LogP contribution in [-0.2, 0) is 4.79 Å². The molecule has 144 valence electrons. The molecular weight excluding hydrogens is 362 g/mol. The SMILES string of the molecule is COc1ccc(Cl)cc1NC(=O)/C(C#N)=C\N1CC2(C)CC1CC(C)(C)C2. The third-order valence-electron chi connectivity index (χ3n) is 5.53. The number of rotatable bonds is 4. The molecular formula is C21H26ClN3O2. The first-order chi connectivity index (χ1) is 12.6. The van der Waals surface area contributed by atoms with Crippen LogP contribution in [0.3, 0.4) is 0 Å². The van der Waals surface area contributed by atoms with E-state index in [0.29, 0.717) is 22.5 Å². The van der Waals surface area contributed by atoms with E-state index in [9.17, 15) is 10.1 Å². The summed E-state index contributed by atoms with van der Waals surface area (Å²) < 4.78 is 5.25. The molecule has 1 aromatic carbocycles. The Labute approximate surface area is 165 Å². The zero-order valence-electron chi connectivity index (χ0n) is 16.3. The van der Waals surface area contributed by atoms with Crippen LogP contribution in [0.4, 0.5) is 5.69 Å². The molecule has 2 bridgehead atoms. The number of hydrogen-bond acceptors (Lipinski definition) is 4. The number of amides is 1. The van der Waals surface area contributed by atoms with Crippen LogP contribution in [0.25, 0.3) is 0 Å². The molecule has 2 unspecified atom stereocenters. The molecule has 1 aromatic rings. The van der Waals surface area contributed by atoms with E-state index in [1.54, 1.807) is 24.4 Å². The van der Waals surface area contributed by atoms with Crippen molar-refractivity contribution in [2.24, 2.45) is 10.8 Å². The molecule has 1 aliphatic carbocycles. The molecule has 0 radical (unpaired) electrons. The number of anilines is 1. The fraction of sp³-hybridized carbons (Fsp3) is 0.524. The van der Waals surface area contributed by atoms with Gasteiger partial charge in [0.2, 0.25) is 0 Å². The maximum Gasteiger partial charge on any atom is 0.267 e. The highest BCUT2D eigenvalue weighted by atomic mass is 35.5. The van der Waals surface area contributed by atoms with E-state index in [2.05, 4.69) is 31.0 Å². The number of hydrogen-bond donors (Lipinski definition) is 1. The fourth-order valence-corrected chi connectivity index (χ4v) is 5.10. The summed E-state index contributed by atoms with van der Waals surface area (Å²) in [6.07, 6.45) is 5.06. The van der Waals surface area contributed by atoms with Gasteiger partial charge in [0, 0.05) is 23.8 Å². The van der Waals surface area contributed by atoms with E-state index in [0.717, 1.165) is 25.8 Å². The number of fused-ring (bicyclic) bond motifs is 2. The van der Waals surface area contributed by atoms with Crippen molar-refractivity contribution in [1.82, 2.24) is 4.90 Å². The lowest BCUT2D eigenvalue weighted by Crippen LogP contribution is -2.33. The lowest BCUT2D eigenvalue weighted by atomic mass is 9.65. The quantitative estimate of drug-likeness (QED) is 0.605. The zero-order valence-corrected chi connectivity index (χ0v) is 17.1. The van der Waals surface area contributed by atoms with Gasteiger partial charge >= 0.3 is 0 Å². The van der Waals surface area contributed by atoms with Gasteiger partial charge in [0.15, 0.2) is 0 Å². The minimum atomic E-state index is -0.455. The van der Waals surface area contributed by atoms with Gasteiger partial charge in [-0.2, -0.15) is 5.26 Å². The summed E-state index contributed by atoms with van der Waals surface area (Å²) in [6.45, 7) is 7.78. The summed E-state index contributed by atoms with van der Waals surface area (Å²) in [5, 5.41) is 12.8. The molecule has 2 fully saturated rings. The summed E-state index contributed by atoms with van der Waals surface area (Å²) in [5.74, 6) is 0.0419. The number of nitriles is 1. The minimum absolute atomic E-state index is 0.0889. The third kappa shape index (κ3) is 4.22. The van der Waals surface area contributed by atoms with Gasteiger partial charge in [-0.1, -0.05) is 32.4 Å². The highest BCUT2D eigenvalue weighted by molar-refractivity contribution is 6.31. The van der Waals surface area contributed by atoms with E-state index >= 15 is 0 Å². The third-order valence-corrected chi connectivity index (χ3v) is 5.76. The Hall–Kier alpha value is -2.19. The van der Waals surface area contributed by atoms with Crippen LogP contribution >= 0.6 is 11.6 Å². The average molecular weight is 388 g/mol. The predicted molar refractivity (Wildman–Crippen MR) is 107 cm³/mol. The largest absolute Gasteiger partial charge is 0.495 e. The summed E-state index contributed by atoms with van der Waals surface area (Å²) in [6, 6.07) is 7.39. The predicted octanol–water partition coefficient (Wildman–Crippen LogP) is 4.60. The van der Waals surface area contributed by atoms with Crippen molar-refractivity contribution in [1.29, 1.82) is 5.26 Å². The first-order valence-corrected chi connectivity index (χ1v) is 9.55. The van der Waals surface area contributed by atoms with Crippen molar-refractivity contribution in [2.75, 3.05) is 19.0 Å². The summed E-state index contributed by atoms with van der Waals surface area (Å²) >= 11 is 6.02. The van der Waals surface area contributed by atoms with Crippen molar-refractivity contribution in [3.8, 4) is 11.8 Å². The molecule has 2 aliphatic rings. The topological polar surface area (TPSA) is 65.4 Å². The van der Waals surface area contributed by atoms with Gasteiger partial charge in [-0.15, -0.1) is 0 Å². The molecule has 27 heavy (non-hydrogen) atoms. The molecule has 1 aliphatic heterocycles. The number of carbonyl (C=O) groups is 1. The zero-order chi connectivity index (χ0) is 19.8. The number of halogens is 1. The summed E-state index contributed by atoms with van der Waals surface area (Å²) in [7, 11) is 1.52. The number of benzene rings is 1. The molecule has 5 nitrogen and oxygen atoms in total. The number of nitrogens with zero attached hydrogens (tertiary/aromatic N) is 2. The smallest absolute Gasteiger partial charge is 0.267 e. The fourth-order valence-electron chi connectivity index (χ4n) is 4.93. The maximum atomic E-state index is 12.7. The molecule has 0 spiro atoms. The first kappa shape index (κ1) is 19.6. The van der Waals surface area contributed by atoms with Gasteiger partial charge in [-0.3, -0.25) is 4.79 Å². The standard InChI is InChI=1S/C21H26ClN3O2/c1-20(2)8-16-9-21(3,12-20)13-25(16)11-14(10-23)19(26)24-17-7-15(22)5-6-18(17)27-4/h5-7,11,16H,8-9,12-13H2,1-4H3,(H,24,26)/b14-11-. The van der Waals surface area contributed by atoms with E-state index < -0.39 is 5.91 Å². The number of likely N-dealkylation sites (tertiary alicyclic amines) is 1. The van der Waals surface area contributed by atoms with Crippen LogP contribution in [0.5, 0.6) is 5.75 Å². The average Bonchev–Trinajstić information content (AvgIpc) is 2.80. The Kier molecular flexibility index (Phi) is 5.14. The van der Waals surface area contributed by atoms with Crippen LogP contribution in [0.15, 0.2) is 30.0 Å². The van der Waals surface area contributed by atoms with Crippen molar-refractivity contribution in [2.45, 2.75) is 46.1 Å². The maximum absolute atomic E-state index is 12.7. The van der Waals surface area contributed by atoms with E-state index in [-0.39, 0.29) is 16.4 Å². The second-order valence-electron chi connectivity index (χ2n) is 8.84. The van der Waals surface area contributed by atoms with Crippen LogP contribution in [-0.4, -0.2) is 30.5 Å². The molecule has 6 heteroatoms. The number of carbonyl (C=O) groups excluding carboxylic acids is 1. The Morgan fingerprint density at radius 3 is 2.81 bits per heavy atom. The number of nitrogens with one attached hydrogen (secondary N) is 1. The molecule has 2 atom stereocenters. The first-order valence-electron chi connectivity index (χ1n) is 9.17. The Morgan fingerprint density at radius 2 is 2.15 bits per heavy atom. The van der Waals surface area contributed by atoms with Crippen molar-refractivity contribution >= 4 is 23.2 Å². The molecule has 1 saturated carbocycles. The normalized spacial score (nSPS) is 26.4. The molecule has 1 N–H and O–H groups in total. The second kappa shape index (κ2) is 7.09. The minimum Gasteiger partial charge on any atom is -0.495 e. The van der Waals surface area contributed by atoms with E-state index in [4.69, 9.17) is 16.3 Å². The van der Waals surface area contributed by atoms with Crippen LogP contribution in [0, 0.1) is 22.2 Å². The van der Waals surface area contributed by atoms with Crippen LogP contribution < -0.4 is 10.1 Å². The van der Waals surface area contributed by atoms with Gasteiger partial charge in [0.25, 0.3) is 5.91 Å². The van der Waals surface area contributed by atoms with Gasteiger partial charge in [-0.05, 0) is 48.3 Å². The van der Waals surface area contributed by atoms with Crippen molar-refractivity contribution < 1.29 is 9.53 Å². The van der Waals surface area contributed by atoms with Crippen molar-refractivity contribution in [3.63, 3.8) is 0 Å². The lowest BCUT2D eigenvalue weighted by Gasteiger charge is -2.39. The number of ether oxygens (including phenoxy) is 1. The molecule has 0 aromatic heterocycles. The van der Waals surface area contributed by atoms with Crippen LogP contribution in [0.1, 0.15) is 40.0 Å². The Bertz CT molecular complexity index is 827. The Balaban J connectivity index is 1.80. The van der Waals surface area contributed by atoms with Gasteiger partial charge in [-0.25, -0.2) is 0 Å². The molecule has 1 heterocycles. The molecule has 1 amide bonds. The summed E-state index contributed by atoms with van der Waals surface area (Å²) in [4.78, 5) is 14.9. The van der Waals surface area contributed by atoms with Gasteiger partial charge < -0.3 is 15.0 Å². The highest BCUT2D eigenvalue weighted by Gasteiger charge is 2.48. The van der Waals surface area contributed by atoms with Crippen molar-refractivity contribution in [3.05, 3.63) is 35.0 Å². The van der Waals surface area contributed by atoms with E-state index in [1.165, 1.54) is 7.11 Å².